The van der Waals surface area contributed by atoms with Crippen molar-refractivity contribution in [2.45, 2.75) is 38.1 Å². The van der Waals surface area contributed by atoms with Crippen LogP contribution in [0.25, 0.3) is 0 Å². The van der Waals surface area contributed by atoms with Crippen molar-refractivity contribution < 1.29 is 0 Å². The molecule has 0 spiro atoms. The summed E-state index contributed by atoms with van der Waals surface area (Å²) in [7, 11) is 0. The first-order chi connectivity index (χ1) is 8.33. The standard InChI is InChI=1S/C12H17BrIN3/c13-6-7-17(10-4-2-1-3-5-10)12-11(14)8-15-9-16-12/h8-10H,1-7H2. The van der Waals surface area contributed by atoms with Gasteiger partial charge in [-0.3, -0.25) is 0 Å². The van der Waals surface area contributed by atoms with Gasteiger partial charge in [-0.2, -0.15) is 0 Å². The number of aromatic nitrogens is 2. The highest BCUT2D eigenvalue weighted by Crippen LogP contribution is 2.28. The monoisotopic (exact) mass is 409 g/mol. The van der Waals surface area contributed by atoms with Gasteiger partial charge in [-0.15, -0.1) is 0 Å². The first-order valence-corrected chi connectivity index (χ1v) is 8.31. The SMILES string of the molecule is BrCCN(c1ncncc1I)C1CCCCC1. The van der Waals surface area contributed by atoms with E-state index in [0.29, 0.717) is 6.04 Å². The molecule has 0 unspecified atom stereocenters. The first-order valence-electron chi connectivity index (χ1n) is 6.11. The highest BCUT2D eigenvalue weighted by atomic mass is 127. The third-order valence-electron chi connectivity index (χ3n) is 3.26. The van der Waals surface area contributed by atoms with Crippen LogP contribution < -0.4 is 4.90 Å². The van der Waals surface area contributed by atoms with Gasteiger partial charge >= 0.3 is 0 Å². The molecule has 3 nitrogen and oxygen atoms in total. The smallest absolute Gasteiger partial charge is 0.145 e. The van der Waals surface area contributed by atoms with E-state index in [1.54, 1.807) is 6.33 Å². The van der Waals surface area contributed by atoms with Crippen LogP contribution in [0, 0.1) is 3.57 Å². The molecule has 1 aromatic rings. The first kappa shape index (κ1) is 13.5. The van der Waals surface area contributed by atoms with Crippen LogP contribution in [0.4, 0.5) is 5.82 Å². The second kappa shape index (κ2) is 6.87. The highest BCUT2D eigenvalue weighted by Gasteiger charge is 2.23. The van der Waals surface area contributed by atoms with Crippen molar-refractivity contribution in [2.75, 3.05) is 16.8 Å². The Hall–Kier alpha value is 0.0900. The molecule has 1 heterocycles. The normalized spacial score (nSPS) is 17.1. The molecule has 0 N–H and O–H groups in total. The van der Waals surface area contributed by atoms with Crippen molar-refractivity contribution in [3.8, 4) is 0 Å². The third-order valence-corrected chi connectivity index (χ3v) is 4.38. The predicted octanol–water partition coefficient (Wildman–Crippen LogP) is 3.62. The van der Waals surface area contributed by atoms with Crippen LogP contribution in [0.15, 0.2) is 12.5 Å². The van der Waals surface area contributed by atoms with Crippen molar-refractivity contribution >= 4 is 44.3 Å². The number of halogens is 2. The maximum Gasteiger partial charge on any atom is 0.145 e. The van der Waals surface area contributed by atoms with Crippen molar-refractivity contribution in [3.05, 3.63) is 16.1 Å². The molecule has 1 fully saturated rings. The van der Waals surface area contributed by atoms with E-state index < -0.39 is 0 Å². The lowest BCUT2D eigenvalue weighted by molar-refractivity contribution is 0.416. The van der Waals surface area contributed by atoms with Gasteiger partial charge in [-0.05, 0) is 35.4 Å². The molecule has 1 aliphatic rings. The van der Waals surface area contributed by atoms with E-state index in [1.165, 1.54) is 32.1 Å². The zero-order valence-electron chi connectivity index (χ0n) is 9.78. The molecule has 5 heteroatoms. The summed E-state index contributed by atoms with van der Waals surface area (Å²) in [6.45, 7) is 1.03. The van der Waals surface area contributed by atoms with Crippen LogP contribution >= 0.6 is 38.5 Å². The minimum Gasteiger partial charge on any atom is -0.352 e. The van der Waals surface area contributed by atoms with Crippen LogP contribution in [-0.4, -0.2) is 27.9 Å². The van der Waals surface area contributed by atoms with Crippen molar-refractivity contribution in [1.29, 1.82) is 0 Å². The Labute approximate surface area is 125 Å². The molecular formula is C12H17BrIN3. The van der Waals surface area contributed by atoms with Crippen molar-refractivity contribution in [3.63, 3.8) is 0 Å². The molecule has 2 rings (SSSR count). The average Bonchev–Trinajstić information content (AvgIpc) is 2.38. The second-order valence-electron chi connectivity index (χ2n) is 4.37. The van der Waals surface area contributed by atoms with Gasteiger partial charge in [0.25, 0.3) is 0 Å². The minimum atomic E-state index is 0.657. The molecule has 0 atom stereocenters. The summed E-state index contributed by atoms with van der Waals surface area (Å²) in [4.78, 5) is 11.0. The number of alkyl halides is 1. The van der Waals surface area contributed by atoms with Gasteiger partial charge in [0.05, 0.1) is 3.57 Å². The largest absolute Gasteiger partial charge is 0.352 e. The van der Waals surface area contributed by atoms with E-state index in [-0.39, 0.29) is 0 Å². The Morgan fingerprint density at radius 2 is 2.12 bits per heavy atom. The average molecular weight is 410 g/mol. The van der Waals surface area contributed by atoms with Gasteiger partial charge in [-0.25, -0.2) is 9.97 Å². The van der Waals surface area contributed by atoms with Gasteiger partial charge in [-0.1, -0.05) is 35.2 Å². The quantitative estimate of drug-likeness (QED) is 0.561. The van der Waals surface area contributed by atoms with Crippen molar-refractivity contribution in [2.24, 2.45) is 0 Å². The number of hydrogen-bond acceptors (Lipinski definition) is 3. The molecule has 94 valence electrons. The van der Waals surface area contributed by atoms with Gasteiger partial charge < -0.3 is 4.90 Å². The Bertz CT molecular complexity index is 355. The lowest BCUT2D eigenvalue weighted by Crippen LogP contribution is -2.39. The summed E-state index contributed by atoms with van der Waals surface area (Å²) in [5.74, 6) is 1.10. The molecule has 1 aromatic heterocycles. The summed E-state index contributed by atoms with van der Waals surface area (Å²) < 4.78 is 1.15. The van der Waals surface area contributed by atoms with E-state index in [2.05, 4.69) is 53.4 Å². The topological polar surface area (TPSA) is 29.0 Å². The maximum atomic E-state index is 4.46. The zero-order chi connectivity index (χ0) is 12.1. The fourth-order valence-corrected chi connectivity index (χ4v) is 3.45. The number of anilines is 1. The van der Waals surface area contributed by atoms with E-state index in [1.807, 2.05) is 6.20 Å². The molecule has 1 saturated carbocycles. The number of rotatable bonds is 4. The lowest BCUT2D eigenvalue weighted by Gasteiger charge is -2.35. The molecule has 0 bridgehead atoms. The molecule has 0 amide bonds. The fourth-order valence-electron chi connectivity index (χ4n) is 2.46. The van der Waals surface area contributed by atoms with E-state index in [0.717, 1.165) is 21.3 Å². The summed E-state index contributed by atoms with van der Waals surface area (Å²) in [5.41, 5.74) is 0. The Balaban J connectivity index is 2.18. The molecule has 0 radical (unpaired) electrons. The van der Waals surface area contributed by atoms with E-state index >= 15 is 0 Å². The lowest BCUT2D eigenvalue weighted by atomic mass is 9.94. The summed E-state index contributed by atoms with van der Waals surface area (Å²) in [5, 5.41) is 0.990. The Kier molecular flexibility index (Phi) is 5.47. The minimum absolute atomic E-state index is 0.657. The summed E-state index contributed by atoms with van der Waals surface area (Å²) in [6, 6.07) is 0.657. The molecule has 1 aliphatic carbocycles. The van der Waals surface area contributed by atoms with Crippen LogP contribution in [0.3, 0.4) is 0 Å². The van der Waals surface area contributed by atoms with Crippen LogP contribution in [-0.2, 0) is 0 Å². The highest BCUT2D eigenvalue weighted by molar-refractivity contribution is 14.1. The van der Waals surface area contributed by atoms with Gasteiger partial charge in [0.2, 0.25) is 0 Å². The van der Waals surface area contributed by atoms with E-state index in [4.69, 9.17) is 0 Å². The van der Waals surface area contributed by atoms with Gasteiger partial charge in [0, 0.05) is 24.1 Å². The number of nitrogens with zero attached hydrogens (tertiary/aromatic N) is 3. The van der Waals surface area contributed by atoms with Crippen LogP contribution in [0.5, 0.6) is 0 Å². The summed E-state index contributed by atoms with van der Waals surface area (Å²) in [6.07, 6.45) is 10.2. The molecule has 0 aromatic carbocycles. The fraction of sp³-hybridized carbons (Fsp3) is 0.667. The van der Waals surface area contributed by atoms with Crippen LogP contribution in [0.1, 0.15) is 32.1 Å². The zero-order valence-corrected chi connectivity index (χ0v) is 13.5. The predicted molar refractivity (Wildman–Crippen MR) is 82.8 cm³/mol. The molecule has 0 aliphatic heterocycles. The molecule has 17 heavy (non-hydrogen) atoms. The van der Waals surface area contributed by atoms with Crippen LogP contribution in [0.2, 0.25) is 0 Å². The van der Waals surface area contributed by atoms with E-state index in [9.17, 15) is 0 Å². The second-order valence-corrected chi connectivity index (χ2v) is 6.32. The van der Waals surface area contributed by atoms with Gasteiger partial charge in [0.1, 0.15) is 12.1 Å². The maximum absolute atomic E-state index is 4.46. The third kappa shape index (κ3) is 3.53. The molecule has 0 saturated heterocycles. The van der Waals surface area contributed by atoms with Crippen molar-refractivity contribution in [1.82, 2.24) is 9.97 Å². The number of hydrogen-bond donors (Lipinski definition) is 0. The summed E-state index contributed by atoms with van der Waals surface area (Å²) >= 11 is 5.88. The van der Waals surface area contributed by atoms with Gasteiger partial charge in [0.15, 0.2) is 0 Å². The molecular weight excluding hydrogens is 393 g/mol. The Morgan fingerprint density at radius 1 is 1.35 bits per heavy atom. The Morgan fingerprint density at radius 3 is 2.76 bits per heavy atom.